The van der Waals surface area contributed by atoms with Crippen molar-refractivity contribution in [3.8, 4) is 5.75 Å². The fraction of sp³-hybridized carbons (Fsp3) is 0.222. The van der Waals surface area contributed by atoms with Gasteiger partial charge in [-0.3, -0.25) is 4.79 Å². The lowest BCUT2D eigenvalue weighted by molar-refractivity contribution is 0.0868. The molecule has 1 aliphatic heterocycles. The number of thioether (sulfide) groups is 1. The second-order valence-corrected chi connectivity index (χ2v) is 8.34. The van der Waals surface area contributed by atoms with Crippen molar-refractivity contribution in [3.05, 3.63) is 64.1 Å². The van der Waals surface area contributed by atoms with Gasteiger partial charge in [0.15, 0.2) is 5.78 Å². The molecule has 124 valence electrons. The van der Waals surface area contributed by atoms with E-state index in [0.29, 0.717) is 15.6 Å². The van der Waals surface area contributed by atoms with Crippen LogP contribution in [-0.2, 0) is 0 Å². The molecular weight excluding hydrogens is 406 g/mol. The number of thiocarbonyl (C=S) groups is 1. The molecule has 6 heteroatoms. The zero-order chi connectivity index (χ0) is 17.3. The first-order valence-corrected chi connectivity index (χ1v) is 9.49. The first-order valence-electron chi connectivity index (χ1n) is 7.40. The van der Waals surface area contributed by atoms with Crippen molar-refractivity contribution < 1.29 is 9.53 Å². The summed E-state index contributed by atoms with van der Waals surface area (Å²) in [5.41, 5.74) is 1.56. The molecule has 2 atom stereocenters. The Kier molecular flexibility index (Phi) is 5.27. The molecule has 3 rings (SSSR count). The second kappa shape index (κ2) is 7.25. The van der Waals surface area contributed by atoms with Gasteiger partial charge in [-0.05, 0) is 23.8 Å². The lowest BCUT2D eigenvalue weighted by Crippen LogP contribution is -2.36. The van der Waals surface area contributed by atoms with Gasteiger partial charge >= 0.3 is 0 Å². The molecule has 24 heavy (non-hydrogen) atoms. The number of ketones is 1. The van der Waals surface area contributed by atoms with Gasteiger partial charge in [0.25, 0.3) is 0 Å². The minimum absolute atomic E-state index is 0.0422. The Balaban J connectivity index is 2.03. The van der Waals surface area contributed by atoms with Crippen LogP contribution in [0.1, 0.15) is 22.0 Å². The van der Waals surface area contributed by atoms with Crippen LogP contribution in [0.25, 0.3) is 0 Å². The number of rotatable bonds is 2. The van der Waals surface area contributed by atoms with Gasteiger partial charge in [0.1, 0.15) is 21.4 Å². The zero-order valence-corrected chi connectivity index (χ0v) is 16.5. The number of carbonyl (C=O) groups is 1. The molecule has 0 fully saturated rings. The van der Waals surface area contributed by atoms with Gasteiger partial charge in [-0.2, -0.15) is 0 Å². The molecule has 0 radical (unpaired) electrons. The largest absolute Gasteiger partial charge is 0.483 e. The molecule has 0 aliphatic carbocycles. The van der Waals surface area contributed by atoms with Crippen molar-refractivity contribution in [2.75, 3.05) is 14.1 Å². The SMILES string of the molecule is CN(C)C(=S)S[C@H]1C(=O)c2cc(Br)ccc2O[C@H]1c1ccccc1. The Morgan fingerprint density at radius 2 is 1.92 bits per heavy atom. The molecule has 0 saturated heterocycles. The Labute approximate surface area is 159 Å². The third kappa shape index (κ3) is 3.50. The normalized spacial score (nSPS) is 19.4. The van der Waals surface area contributed by atoms with E-state index in [1.54, 1.807) is 0 Å². The number of halogens is 1. The third-order valence-corrected chi connectivity index (χ3v) is 6.14. The number of benzene rings is 2. The van der Waals surface area contributed by atoms with E-state index < -0.39 is 5.25 Å². The van der Waals surface area contributed by atoms with Crippen LogP contribution in [0, 0.1) is 0 Å². The average molecular weight is 422 g/mol. The Morgan fingerprint density at radius 3 is 2.58 bits per heavy atom. The van der Waals surface area contributed by atoms with Crippen molar-refractivity contribution in [2.45, 2.75) is 11.4 Å². The molecule has 3 nitrogen and oxygen atoms in total. The van der Waals surface area contributed by atoms with E-state index in [1.165, 1.54) is 11.8 Å². The van der Waals surface area contributed by atoms with Crippen LogP contribution < -0.4 is 4.74 Å². The highest BCUT2D eigenvalue weighted by Gasteiger charge is 2.39. The number of Topliss-reactive ketones (excluding diaryl/α,β-unsaturated/α-hetero) is 1. The highest BCUT2D eigenvalue weighted by atomic mass is 79.9. The highest BCUT2D eigenvalue weighted by molar-refractivity contribution is 9.10. The van der Waals surface area contributed by atoms with Crippen LogP contribution in [0.15, 0.2) is 53.0 Å². The Bertz CT molecular complexity index is 780. The van der Waals surface area contributed by atoms with E-state index in [2.05, 4.69) is 15.9 Å². The van der Waals surface area contributed by atoms with Crippen molar-refractivity contribution in [2.24, 2.45) is 0 Å². The standard InChI is InChI=1S/C18H16BrNO2S2/c1-20(2)18(23)24-17-15(21)13-10-12(19)8-9-14(13)22-16(17)11-6-4-3-5-7-11/h3-10,16-17H,1-2H3/t16-,17-/m0/s1. The average Bonchev–Trinajstić information content (AvgIpc) is 2.58. The first kappa shape index (κ1) is 17.5. The molecule has 2 aromatic rings. The van der Waals surface area contributed by atoms with E-state index in [-0.39, 0.29) is 11.9 Å². The van der Waals surface area contributed by atoms with Gasteiger partial charge < -0.3 is 9.64 Å². The summed E-state index contributed by atoms with van der Waals surface area (Å²) >= 11 is 10.2. The van der Waals surface area contributed by atoms with Crippen LogP contribution in [0.3, 0.4) is 0 Å². The molecule has 1 heterocycles. The number of nitrogens with zero attached hydrogens (tertiary/aromatic N) is 1. The molecule has 0 amide bonds. The molecule has 0 unspecified atom stereocenters. The fourth-order valence-electron chi connectivity index (χ4n) is 2.50. The maximum atomic E-state index is 13.1. The number of fused-ring (bicyclic) bond motifs is 1. The molecular formula is C18H16BrNO2S2. The summed E-state index contributed by atoms with van der Waals surface area (Å²) in [7, 11) is 3.76. The van der Waals surface area contributed by atoms with Crippen molar-refractivity contribution >= 4 is 50.0 Å². The van der Waals surface area contributed by atoms with Crippen molar-refractivity contribution in [3.63, 3.8) is 0 Å². The maximum absolute atomic E-state index is 13.1. The van der Waals surface area contributed by atoms with Crippen LogP contribution in [0.5, 0.6) is 5.75 Å². The summed E-state index contributed by atoms with van der Waals surface area (Å²) in [6, 6.07) is 15.3. The van der Waals surface area contributed by atoms with E-state index in [4.69, 9.17) is 17.0 Å². The molecule has 0 bridgehead atoms. The maximum Gasteiger partial charge on any atom is 0.184 e. The Morgan fingerprint density at radius 1 is 1.21 bits per heavy atom. The van der Waals surface area contributed by atoms with Crippen LogP contribution in [0.4, 0.5) is 0 Å². The van der Waals surface area contributed by atoms with Crippen LogP contribution in [-0.4, -0.2) is 34.3 Å². The van der Waals surface area contributed by atoms with E-state index >= 15 is 0 Å². The Hall–Kier alpha value is -1.37. The molecule has 0 aromatic heterocycles. The third-order valence-electron chi connectivity index (χ3n) is 3.72. The molecule has 0 N–H and O–H groups in total. The lowest BCUT2D eigenvalue weighted by atomic mass is 9.96. The van der Waals surface area contributed by atoms with E-state index in [9.17, 15) is 4.79 Å². The van der Waals surface area contributed by atoms with Gasteiger partial charge in [0, 0.05) is 18.6 Å². The molecule has 0 spiro atoms. The minimum Gasteiger partial charge on any atom is -0.483 e. The zero-order valence-electron chi connectivity index (χ0n) is 13.2. The van der Waals surface area contributed by atoms with Gasteiger partial charge in [-0.1, -0.05) is 70.2 Å². The van der Waals surface area contributed by atoms with Gasteiger partial charge in [0.05, 0.1) is 5.56 Å². The molecule has 1 aliphatic rings. The predicted molar refractivity (Wildman–Crippen MR) is 106 cm³/mol. The summed E-state index contributed by atoms with van der Waals surface area (Å²) in [4.78, 5) is 15.0. The summed E-state index contributed by atoms with van der Waals surface area (Å²) < 4.78 is 7.72. The lowest BCUT2D eigenvalue weighted by Gasteiger charge is -2.33. The van der Waals surface area contributed by atoms with Crippen molar-refractivity contribution in [1.82, 2.24) is 4.90 Å². The first-order chi connectivity index (χ1) is 11.5. The highest BCUT2D eigenvalue weighted by Crippen LogP contribution is 2.41. The van der Waals surface area contributed by atoms with Crippen molar-refractivity contribution in [1.29, 1.82) is 0 Å². The quantitative estimate of drug-likeness (QED) is 0.654. The van der Waals surface area contributed by atoms with E-state index in [1.807, 2.05) is 67.5 Å². The monoisotopic (exact) mass is 421 g/mol. The number of ether oxygens (including phenoxy) is 1. The minimum atomic E-state index is -0.413. The summed E-state index contributed by atoms with van der Waals surface area (Å²) in [6.45, 7) is 0. The molecule has 0 saturated carbocycles. The van der Waals surface area contributed by atoms with Crippen LogP contribution in [0.2, 0.25) is 0 Å². The number of hydrogen-bond acceptors (Lipinski definition) is 4. The smallest absolute Gasteiger partial charge is 0.184 e. The van der Waals surface area contributed by atoms with Crippen LogP contribution >= 0.6 is 39.9 Å². The topological polar surface area (TPSA) is 29.5 Å². The fourth-order valence-corrected chi connectivity index (χ4v) is 4.17. The van der Waals surface area contributed by atoms with Gasteiger partial charge in [-0.25, -0.2) is 0 Å². The van der Waals surface area contributed by atoms with Gasteiger partial charge in [0.2, 0.25) is 0 Å². The second-order valence-electron chi connectivity index (χ2n) is 5.65. The molecule has 2 aromatic carbocycles. The number of hydrogen-bond donors (Lipinski definition) is 0. The summed E-state index contributed by atoms with van der Waals surface area (Å²) in [5.74, 6) is 0.658. The van der Waals surface area contributed by atoms with E-state index in [0.717, 1.165) is 10.0 Å². The summed E-state index contributed by atoms with van der Waals surface area (Å²) in [5, 5.41) is -0.413. The number of carbonyl (C=O) groups excluding carboxylic acids is 1. The predicted octanol–water partition coefficient (Wildman–Crippen LogP) is 4.71. The summed E-state index contributed by atoms with van der Waals surface area (Å²) in [6.07, 6.45) is -0.365. The van der Waals surface area contributed by atoms with Gasteiger partial charge in [-0.15, -0.1) is 0 Å².